The molecule has 0 amide bonds. The molecule has 0 aliphatic heterocycles. The van der Waals surface area contributed by atoms with E-state index < -0.39 is 17.3 Å². The first kappa shape index (κ1) is 13.4. The number of para-hydroxylation sites is 1. The molecule has 2 aromatic rings. The van der Waals surface area contributed by atoms with Gasteiger partial charge in [0.05, 0.1) is 5.69 Å². The first-order chi connectivity index (χ1) is 9.13. The summed E-state index contributed by atoms with van der Waals surface area (Å²) in [7, 11) is 0. The summed E-state index contributed by atoms with van der Waals surface area (Å²) in [5.41, 5.74) is 0.281. The number of hydrogen-bond donors (Lipinski definition) is 2. The molecule has 2 rings (SSSR count). The Morgan fingerprint density at radius 3 is 2.79 bits per heavy atom. The molecule has 1 aromatic heterocycles. The number of thioether (sulfide) groups is 1. The number of aromatic nitrogens is 1. The van der Waals surface area contributed by atoms with E-state index in [-0.39, 0.29) is 5.82 Å². The van der Waals surface area contributed by atoms with Gasteiger partial charge in [-0.2, -0.15) is 0 Å². The van der Waals surface area contributed by atoms with Crippen LogP contribution in [-0.2, 0) is 0 Å². The first-order valence-corrected chi connectivity index (χ1v) is 6.63. The number of aromatic carboxylic acids is 1. The third kappa shape index (κ3) is 2.85. The largest absolute Gasteiger partial charge is 0.478 e. The number of rotatable bonds is 4. The zero-order valence-electron chi connectivity index (χ0n) is 10.1. The van der Waals surface area contributed by atoms with Gasteiger partial charge in [-0.15, -0.1) is 11.8 Å². The van der Waals surface area contributed by atoms with Gasteiger partial charge in [-0.3, -0.25) is 0 Å². The zero-order chi connectivity index (χ0) is 13.8. The molecule has 1 aromatic carbocycles. The van der Waals surface area contributed by atoms with E-state index >= 15 is 0 Å². The summed E-state index contributed by atoms with van der Waals surface area (Å²) in [4.78, 5) is 15.6. The number of nitrogens with zero attached hydrogens (tertiary/aromatic N) is 1. The summed E-state index contributed by atoms with van der Waals surface area (Å²) in [5.74, 6) is -2.28. The molecule has 0 atom stereocenters. The van der Waals surface area contributed by atoms with Crippen molar-refractivity contribution in [2.24, 2.45) is 0 Å². The number of carbonyl (C=O) groups is 1. The maximum absolute atomic E-state index is 13.9. The maximum atomic E-state index is 13.9. The SMILES string of the molecule is CSc1ccccc1Nc1nccc(C(=O)O)c1F. The average Bonchev–Trinajstić information content (AvgIpc) is 2.41. The minimum atomic E-state index is -1.32. The summed E-state index contributed by atoms with van der Waals surface area (Å²) >= 11 is 1.50. The highest BCUT2D eigenvalue weighted by Gasteiger charge is 2.15. The number of nitrogens with one attached hydrogen (secondary N) is 1. The molecule has 98 valence electrons. The lowest BCUT2D eigenvalue weighted by Crippen LogP contribution is -2.05. The van der Waals surface area contributed by atoms with Crippen molar-refractivity contribution in [1.82, 2.24) is 4.98 Å². The van der Waals surface area contributed by atoms with Crippen LogP contribution in [0.4, 0.5) is 15.9 Å². The Morgan fingerprint density at radius 2 is 2.11 bits per heavy atom. The van der Waals surface area contributed by atoms with Crippen molar-refractivity contribution in [1.29, 1.82) is 0 Å². The molecule has 0 aliphatic carbocycles. The molecule has 0 radical (unpaired) electrons. The van der Waals surface area contributed by atoms with E-state index in [1.165, 1.54) is 18.0 Å². The van der Waals surface area contributed by atoms with Crippen molar-refractivity contribution in [3.05, 3.63) is 47.9 Å². The molecule has 6 heteroatoms. The number of halogens is 1. The smallest absolute Gasteiger partial charge is 0.338 e. The van der Waals surface area contributed by atoms with Gasteiger partial charge in [-0.25, -0.2) is 14.2 Å². The molecule has 0 saturated heterocycles. The summed E-state index contributed by atoms with van der Waals surface area (Å²) in [6.07, 6.45) is 3.16. The van der Waals surface area contributed by atoms with E-state index in [2.05, 4.69) is 10.3 Å². The highest BCUT2D eigenvalue weighted by molar-refractivity contribution is 7.98. The quantitative estimate of drug-likeness (QED) is 0.839. The predicted molar refractivity (Wildman–Crippen MR) is 72.7 cm³/mol. The van der Waals surface area contributed by atoms with Crippen molar-refractivity contribution in [3.63, 3.8) is 0 Å². The van der Waals surface area contributed by atoms with E-state index in [1.807, 2.05) is 18.4 Å². The van der Waals surface area contributed by atoms with Crippen LogP contribution in [0.15, 0.2) is 41.4 Å². The van der Waals surface area contributed by atoms with Gasteiger partial charge in [-0.1, -0.05) is 12.1 Å². The first-order valence-electron chi connectivity index (χ1n) is 5.41. The van der Waals surface area contributed by atoms with Crippen LogP contribution >= 0.6 is 11.8 Å². The second-order valence-corrected chi connectivity index (χ2v) is 4.50. The van der Waals surface area contributed by atoms with Gasteiger partial charge in [0.25, 0.3) is 0 Å². The van der Waals surface area contributed by atoms with E-state index in [0.717, 1.165) is 11.0 Å². The Balaban J connectivity index is 2.39. The Hall–Kier alpha value is -2.08. The molecule has 0 bridgehead atoms. The molecule has 4 nitrogen and oxygen atoms in total. The number of carboxylic acid groups (broad SMARTS) is 1. The Kier molecular flexibility index (Phi) is 4.01. The average molecular weight is 278 g/mol. The number of carboxylic acids is 1. The topological polar surface area (TPSA) is 62.2 Å². The number of anilines is 2. The van der Waals surface area contributed by atoms with Gasteiger partial charge in [0.2, 0.25) is 0 Å². The van der Waals surface area contributed by atoms with Gasteiger partial charge in [-0.05, 0) is 24.5 Å². The molecule has 0 saturated carbocycles. The molecular formula is C13H11FN2O2S. The van der Waals surface area contributed by atoms with Crippen LogP contribution in [-0.4, -0.2) is 22.3 Å². The second kappa shape index (κ2) is 5.71. The van der Waals surface area contributed by atoms with Crippen molar-refractivity contribution in [2.75, 3.05) is 11.6 Å². The molecule has 0 aliphatic rings. The van der Waals surface area contributed by atoms with Crippen molar-refractivity contribution in [2.45, 2.75) is 4.90 Å². The fourth-order valence-electron chi connectivity index (χ4n) is 1.57. The fourth-order valence-corrected chi connectivity index (χ4v) is 2.13. The lowest BCUT2D eigenvalue weighted by Gasteiger charge is -2.10. The number of hydrogen-bond acceptors (Lipinski definition) is 4. The van der Waals surface area contributed by atoms with Gasteiger partial charge >= 0.3 is 5.97 Å². The van der Waals surface area contributed by atoms with Gasteiger partial charge in [0, 0.05) is 11.1 Å². The minimum Gasteiger partial charge on any atom is -0.478 e. The molecule has 0 fully saturated rings. The number of pyridine rings is 1. The molecule has 1 heterocycles. The van der Waals surface area contributed by atoms with Crippen molar-refractivity contribution < 1.29 is 14.3 Å². The minimum absolute atomic E-state index is 0.0959. The highest BCUT2D eigenvalue weighted by Crippen LogP contribution is 2.28. The summed E-state index contributed by atoms with van der Waals surface area (Å²) in [5, 5.41) is 11.7. The van der Waals surface area contributed by atoms with E-state index in [1.54, 1.807) is 12.1 Å². The van der Waals surface area contributed by atoms with Crippen LogP contribution in [0.2, 0.25) is 0 Å². The summed E-state index contributed by atoms with van der Waals surface area (Å²) in [6, 6.07) is 8.46. The van der Waals surface area contributed by atoms with Crippen LogP contribution < -0.4 is 5.32 Å². The van der Waals surface area contributed by atoms with Crippen LogP contribution in [0, 0.1) is 5.82 Å². The maximum Gasteiger partial charge on any atom is 0.338 e. The molecular weight excluding hydrogens is 267 g/mol. The summed E-state index contributed by atoms with van der Waals surface area (Å²) in [6.45, 7) is 0. The third-order valence-corrected chi connectivity index (χ3v) is 3.28. The molecule has 0 spiro atoms. The van der Waals surface area contributed by atoms with E-state index in [0.29, 0.717) is 5.69 Å². The number of benzene rings is 1. The van der Waals surface area contributed by atoms with Gasteiger partial charge in [0.1, 0.15) is 5.56 Å². The zero-order valence-corrected chi connectivity index (χ0v) is 10.9. The van der Waals surface area contributed by atoms with E-state index in [4.69, 9.17) is 5.11 Å². The molecule has 19 heavy (non-hydrogen) atoms. The van der Waals surface area contributed by atoms with Crippen LogP contribution in [0.1, 0.15) is 10.4 Å². The van der Waals surface area contributed by atoms with Crippen LogP contribution in [0.5, 0.6) is 0 Å². The molecule has 0 unspecified atom stereocenters. The third-order valence-electron chi connectivity index (χ3n) is 2.48. The Bertz CT molecular complexity index is 619. The molecule has 2 N–H and O–H groups in total. The predicted octanol–water partition coefficient (Wildman–Crippen LogP) is 3.38. The monoisotopic (exact) mass is 278 g/mol. The van der Waals surface area contributed by atoms with Crippen LogP contribution in [0.25, 0.3) is 0 Å². The van der Waals surface area contributed by atoms with Gasteiger partial charge in [0.15, 0.2) is 11.6 Å². The Morgan fingerprint density at radius 1 is 1.37 bits per heavy atom. The Labute approximate surface area is 113 Å². The van der Waals surface area contributed by atoms with Gasteiger partial charge < -0.3 is 10.4 Å². The standard InChI is InChI=1S/C13H11FN2O2S/c1-19-10-5-3-2-4-9(10)16-12-11(14)8(13(17)18)6-7-15-12/h2-7H,1H3,(H,15,16)(H,17,18). The van der Waals surface area contributed by atoms with Crippen molar-refractivity contribution in [3.8, 4) is 0 Å². The lowest BCUT2D eigenvalue weighted by atomic mass is 10.2. The van der Waals surface area contributed by atoms with Crippen molar-refractivity contribution >= 4 is 29.2 Å². The summed E-state index contributed by atoms with van der Waals surface area (Å²) < 4.78 is 13.9. The second-order valence-electron chi connectivity index (χ2n) is 3.65. The van der Waals surface area contributed by atoms with Crippen LogP contribution in [0.3, 0.4) is 0 Å². The van der Waals surface area contributed by atoms with E-state index in [9.17, 15) is 9.18 Å². The fraction of sp³-hybridized carbons (Fsp3) is 0.0769. The normalized spacial score (nSPS) is 10.2. The lowest BCUT2D eigenvalue weighted by molar-refractivity contribution is 0.0692. The highest BCUT2D eigenvalue weighted by atomic mass is 32.2.